The molecule has 2 amide bonds. The smallest absolute Gasteiger partial charge is 0.478 e. The van der Waals surface area contributed by atoms with E-state index in [0.29, 0.717) is 24.5 Å². The van der Waals surface area contributed by atoms with E-state index in [9.17, 15) is 86.9 Å². The van der Waals surface area contributed by atoms with Crippen LogP contribution in [0.2, 0.25) is 5.02 Å². The van der Waals surface area contributed by atoms with Gasteiger partial charge in [-0.1, -0.05) is 37.4 Å². The lowest BCUT2D eigenvalue weighted by Gasteiger charge is -2.34. The molecule has 1 saturated carbocycles. The number of carbonyl (C=O) groups is 4. The van der Waals surface area contributed by atoms with Crippen molar-refractivity contribution in [1.29, 1.82) is 0 Å². The first-order valence-corrected chi connectivity index (χ1v) is 31.1. The molecule has 0 saturated heterocycles. The SMILES string of the molecule is CC(C)(CC(=O)N(c1nn(CC(F)(F)F)c2c(-c3ccc(C#CC(C)(C)S(C)(=O)=O)nc3[C@H](Cc3cc(F)cc(F)c3)NC(=O)Cn3nc(C(F)(F)F)c4c3C(F)(F)[C@@H]3CC[C@H]43)ccc(Cl)c12)S(C)(=O)=O)c1c(OP(=O)(O)O)cc(C(=O)O)cc1C(=O)O. The Kier molecular flexibility index (Phi) is 17.1. The normalized spacial score (nSPS) is 16.4. The van der Waals surface area contributed by atoms with Crippen molar-refractivity contribution < 1.29 is 109 Å². The summed E-state index contributed by atoms with van der Waals surface area (Å²) in [6.45, 7) is 0.854. The number of benzene rings is 3. The third-order valence-electron chi connectivity index (χ3n) is 14.6. The van der Waals surface area contributed by atoms with Gasteiger partial charge in [0, 0.05) is 52.3 Å². The summed E-state index contributed by atoms with van der Waals surface area (Å²) in [5.74, 6) is -13.4. The van der Waals surface area contributed by atoms with Gasteiger partial charge in [-0.2, -0.15) is 49.6 Å². The van der Waals surface area contributed by atoms with E-state index in [1.54, 1.807) is 0 Å². The van der Waals surface area contributed by atoms with E-state index >= 15 is 17.6 Å². The Morgan fingerprint density at radius 3 is 2.05 bits per heavy atom. The number of nitrogens with one attached hydrogen (secondary N) is 1. The van der Waals surface area contributed by atoms with Gasteiger partial charge in [0.15, 0.2) is 21.3 Å². The van der Waals surface area contributed by atoms with Crippen molar-refractivity contribution in [2.75, 3.05) is 16.8 Å². The van der Waals surface area contributed by atoms with Crippen molar-refractivity contribution in [2.45, 2.75) is 107 Å². The molecule has 0 radical (unpaired) electrons. The number of phosphoric ester groups is 1. The molecule has 0 bridgehead atoms. The first-order chi connectivity index (χ1) is 40.2. The highest BCUT2D eigenvalue weighted by atomic mass is 35.5. The molecule has 2 aliphatic rings. The topological polar surface area (TPSA) is 308 Å². The van der Waals surface area contributed by atoms with Crippen LogP contribution in [0.3, 0.4) is 0 Å². The zero-order chi connectivity index (χ0) is 65.7. The van der Waals surface area contributed by atoms with Gasteiger partial charge in [-0.15, -0.1) is 0 Å². The first kappa shape index (κ1) is 66.3. The molecular weight excluding hydrogens is 1280 g/mol. The van der Waals surface area contributed by atoms with Crippen LogP contribution in [0.5, 0.6) is 5.75 Å². The van der Waals surface area contributed by atoms with Gasteiger partial charge in [-0.25, -0.2) is 44.8 Å². The fraction of sp³-hybridized carbons (Fsp3) is 0.377. The van der Waals surface area contributed by atoms with E-state index in [2.05, 4.69) is 36.9 Å². The van der Waals surface area contributed by atoms with Gasteiger partial charge in [0.25, 0.3) is 5.92 Å². The fourth-order valence-corrected chi connectivity index (χ4v) is 12.3. The Bertz CT molecular complexity index is 4270. The number of alkyl halides is 8. The maximum atomic E-state index is 16.0. The predicted octanol–water partition coefficient (Wildman–Crippen LogP) is 9.21. The summed E-state index contributed by atoms with van der Waals surface area (Å²) >= 11 is 6.74. The summed E-state index contributed by atoms with van der Waals surface area (Å²) in [7, 11) is -14.9. The third kappa shape index (κ3) is 13.4. The number of aromatic carboxylic acids is 2. The molecule has 0 unspecified atom stereocenters. The Hall–Kier alpha value is -7.63. The number of carboxylic acid groups (broad SMARTS) is 2. The van der Waals surface area contributed by atoms with Crippen LogP contribution in [-0.2, 0) is 71.0 Å². The van der Waals surface area contributed by atoms with Crippen molar-refractivity contribution in [3.8, 4) is 28.7 Å². The third-order valence-corrected chi connectivity index (χ3v) is 18.4. The van der Waals surface area contributed by atoms with Gasteiger partial charge in [0.2, 0.25) is 21.8 Å². The number of sulfonamides is 1. The van der Waals surface area contributed by atoms with E-state index in [1.165, 1.54) is 13.8 Å². The standard InChI is InChI=1S/C53H47ClF10N7O14PS2/c1-49(2,41-32(48(76)77)18-25(47(74)75)19-36(41)85-86(78,79)80)21-38(73)71(88(6,83)84)46-40-34(54)12-10-30(43(40)70(68-46)23-51(57,58)59)29-8-7-28(13-14-50(3,4)87(5,81)82)65-42(29)35(17-24-15-26(55)20-27(56)16-24)66-37(72)22-69-45-39(44(67-69)53(62,63)64)31-9-11-33(31)52(45,60)61/h7-8,10,12,15-16,18-20,31,33,35H,9,11,17,21-23H2,1-6H3,(H,66,72)(H,74,75)(H,76,77)(H2,78,79,80)/t31-,33+,35-/m0/s1. The van der Waals surface area contributed by atoms with Crippen LogP contribution in [-0.4, -0.2) is 109 Å². The Morgan fingerprint density at radius 1 is 0.886 bits per heavy atom. The monoisotopic (exact) mass is 1330 g/mol. The van der Waals surface area contributed by atoms with Gasteiger partial charge < -0.3 is 20.1 Å². The molecule has 0 aliphatic heterocycles. The molecule has 88 heavy (non-hydrogen) atoms. The number of nitrogens with zero attached hydrogens (tertiary/aromatic N) is 6. The number of sulfone groups is 1. The van der Waals surface area contributed by atoms with Crippen LogP contribution in [0.1, 0.15) is 119 Å². The molecule has 3 aromatic carbocycles. The first-order valence-electron chi connectivity index (χ1n) is 25.4. The molecule has 3 atom stereocenters. The highest BCUT2D eigenvalue weighted by Gasteiger charge is 2.64. The van der Waals surface area contributed by atoms with E-state index in [1.807, 2.05) is 0 Å². The van der Waals surface area contributed by atoms with Crippen molar-refractivity contribution >= 4 is 79.8 Å². The molecule has 3 aromatic heterocycles. The molecule has 1 fully saturated rings. The van der Waals surface area contributed by atoms with Crippen LogP contribution in [0, 0.1) is 29.4 Å². The molecule has 35 heteroatoms. The number of hydrogen-bond acceptors (Lipinski definition) is 13. The van der Waals surface area contributed by atoms with Crippen molar-refractivity contribution in [1.82, 2.24) is 29.9 Å². The highest BCUT2D eigenvalue weighted by Crippen LogP contribution is 2.64. The average Bonchev–Trinajstić information content (AvgIpc) is 1.54. The molecule has 5 N–H and O–H groups in total. The maximum absolute atomic E-state index is 16.0. The number of aromatic nitrogens is 5. The molecule has 472 valence electrons. The number of rotatable bonds is 18. The zero-order valence-corrected chi connectivity index (χ0v) is 49.4. The van der Waals surface area contributed by atoms with E-state index < -0.39 is 219 Å². The minimum absolute atomic E-state index is 0.0694. The van der Waals surface area contributed by atoms with Crippen molar-refractivity contribution in [3.05, 3.63) is 122 Å². The molecule has 3 heterocycles. The van der Waals surface area contributed by atoms with Crippen LogP contribution in [0.25, 0.3) is 22.0 Å². The molecular formula is C53H47ClF10N7O14PS2. The largest absolute Gasteiger partial charge is 0.524 e. The number of anilines is 1. The second kappa shape index (κ2) is 22.8. The fourth-order valence-electron chi connectivity index (χ4n) is 10.6. The molecule has 2 aliphatic carbocycles. The summed E-state index contributed by atoms with van der Waals surface area (Å²) in [5, 5.41) is 28.2. The summed E-state index contributed by atoms with van der Waals surface area (Å²) < 4.78 is 219. The minimum Gasteiger partial charge on any atom is -0.478 e. The van der Waals surface area contributed by atoms with Crippen LogP contribution in [0.15, 0.2) is 54.6 Å². The van der Waals surface area contributed by atoms with E-state index in [4.69, 9.17) is 11.6 Å². The highest BCUT2D eigenvalue weighted by molar-refractivity contribution is 7.93. The zero-order valence-electron chi connectivity index (χ0n) is 46.1. The lowest BCUT2D eigenvalue weighted by atomic mass is 9.73. The number of carboxylic acids is 2. The van der Waals surface area contributed by atoms with E-state index in [0.717, 1.165) is 56.5 Å². The lowest BCUT2D eigenvalue weighted by Crippen LogP contribution is -2.40. The van der Waals surface area contributed by atoms with Crippen LogP contribution >= 0.6 is 19.4 Å². The molecule has 6 aromatic rings. The average molecular weight is 1330 g/mol. The summed E-state index contributed by atoms with van der Waals surface area (Å²) in [6.07, 6.45) is -11.8. The van der Waals surface area contributed by atoms with Gasteiger partial charge >= 0.3 is 32.1 Å². The van der Waals surface area contributed by atoms with Gasteiger partial charge in [0.05, 0.1) is 45.0 Å². The quantitative estimate of drug-likeness (QED) is 0.0304. The minimum atomic E-state index is -5.72. The second-order valence-electron chi connectivity index (χ2n) is 21.9. The van der Waals surface area contributed by atoms with Gasteiger partial charge in [-0.05, 0) is 93.0 Å². The van der Waals surface area contributed by atoms with Crippen LogP contribution < -0.4 is 14.1 Å². The molecule has 8 rings (SSSR count). The number of phosphoric acid groups is 1. The molecule has 0 spiro atoms. The number of halogens is 11. The predicted molar refractivity (Wildman–Crippen MR) is 290 cm³/mol. The van der Waals surface area contributed by atoms with Gasteiger partial charge in [0.1, 0.15) is 46.6 Å². The number of hydrogen-bond donors (Lipinski definition) is 5. The number of fused-ring (bicyclic) bond motifs is 4. The number of carbonyl (C=O) groups excluding carboxylic acids is 2. The lowest BCUT2D eigenvalue weighted by molar-refractivity contribution is -0.144. The van der Waals surface area contributed by atoms with E-state index in [-0.39, 0.29) is 32.1 Å². The summed E-state index contributed by atoms with van der Waals surface area (Å²) in [6, 6.07) is 5.06. The Morgan fingerprint density at radius 2 is 1.51 bits per heavy atom. The summed E-state index contributed by atoms with van der Waals surface area (Å²) in [4.78, 5) is 77.9. The van der Waals surface area contributed by atoms with Crippen LogP contribution in [0.4, 0.5) is 49.7 Å². The Balaban J connectivity index is 1.37. The second-order valence-corrected chi connectivity index (χ2v) is 27.9. The summed E-state index contributed by atoms with van der Waals surface area (Å²) in [5.41, 5.74) is -11.8. The Labute approximate surface area is 496 Å². The number of pyridine rings is 1. The van der Waals surface area contributed by atoms with Gasteiger partial charge in [-0.3, -0.25) is 28.7 Å². The maximum Gasteiger partial charge on any atom is 0.524 e. The van der Waals surface area contributed by atoms with Crippen molar-refractivity contribution in [2.24, 2.45) is 5.92 Å². The van der Waals surface area contributed by atoms with Crippen molar-refractivity contribution in [3.63, 3.8) is 0 Å². The molecule has 21 nitrogen and oxygen atoms in total. The number of amides is 2.